The second-order valence-corrected chi connectivity index (χ2v) is 9.15. The number of methoxy groups -OCH3 is 1. The molecule has 0 aliphatic heterocycles. The molecule has 1 heterocycles. The quantitative estimate of drug-likeness (QED) is 0.434. The highest BCUT2D eigenvalue weighted by molar-refractivity contribution is 7.90. The van der Waals surface area contributed by atoms with E-state index < -0.39 is 22.1 Å². The number of carbonyl (C=O) groups excluding carboxylic acids is 3. The number of nitrogens with zero attached hydrogens (tertiary/aromatic N) is 1. The third-order valence-electron chi connectivity index (χ3n) is 4.62. The summed E-state index contributed by atoms with van der Waals surface area (Å²) < 4.78 is 36.0. The smallest absolute Gasteiger partial charge is 0.437 e. The molecule has 3 rings (SSSR count). The molecule has 0 unspecified atom stereocenters. The third kappa shape index (κ3) is 7.26. The van der Waals surface area contributed by atoms with Crippen LogP contribution in [0, 0.1) is 0 Å². The fourth-order valence-corrected chi connectivity index (χ4v) is 3.90. The Morgan fingerprint density at radius 3 is 2.17 bits per heavy atom. The van der Waals surface area contributed by atoms with Gasteiger partial charge in [-0.1, -0.05) is 23.7 Å². The first-order valence-corrected chi connectivity index (χ1v) is 12.0. The molecule has 0 saturated heterocycles. The lowest BCUT2D eigenvalue weighted by Gasteiger charge is -2.09. The Kier molecular flexibility index (Phi) is 8.39. The van der Waals surface area contributed by atoms with E-state index in [9.17, 15) is 22.8 Å². The molecule has 182 valence electrons. The average molecular weight is 518 g/mol. The van der Waals surface area contributed by atoms with Gasteiger partial charge >= 0.3 is 6.16 Å². The highest BCUT2D eigenvalue weighted by Gasteiger charge is 2.20. The fourth-order valence-electron chi connectivity index (χ4n) is 2.80. The number of benzene rings is 2. The van der Waals surface area contributed by atoms with Gasteiger partial charge in [0.15, 0.2) is 0 Å². The topological polar surface area (TPSA) is 141 Å². The SMILES string of the molecule is COC(=O)Oc1ccc(C(=O)NS(=O)(=O)c2ccc(C(=O)NCCc3ccc(Cl)cc3)cc2)cn1. The Morgan fingerprint density at radius 2 is 1.57 bits per heavy atom. The van der Waals surface area contributed by atoms with Crippen LogP contribution in [0.1, 0.15) is 26.3 Å². The number of rotatable bonds is 8. The molecular formula is C23H20ClN3O7S. The first-order chi connectivity index (χ1) is 16.7. The second kappa shape index (κ2) is 11.4. The number of halogens is 1. The summed E-state index contributed by atoms with van der Waals surface area (Å²) in [6.45, 7) is 0.383. The van der Waals surface area contributed by atoms with Crippen molar-refractivity contribution >= 4 is 39.6 Å². The van der Waals surface area contributed by atoms with Gasteiger partial charge in [0.25, 0.3) is 21.8 Å². The van der Waals surface area contributed by atoms with Crippen LogP contribution in [0.5, 0.6) is 5.88 Å². The number of pyridine rings is 1. The van der Waals surface area contributed by atoms with Crippen molar-refractivity contribution in [2.24, 2.45) is 0 Å². The predicted octanol–water partition coefficient (Wildman–Crippen LogP) is 2.97. The zero-order chi connectivity index (χ0) is 25.4. The number of carbonyl (C=O) groups is 3. The van der Waals surface area contributed by atoms with Crippen molar-refractivity contribution < 1.29 is 32.3 Å². The molecule has 2 N–H and O–H groups in total. The zero-order valence-corrected chi connectivity index (χ0v) is 19.9. The van der Waals surface area contributed by atoms with Crippen LogP contribution >= 0.6 is 11.6 Å². The lowest BCUT2D eigenvalue weighted by Crippen LogP contribution is -2.31. The second-order valence-electron chi connectivity index (χ2n) is 7.03. The van der Waals surface area contributed by atoms with Gasteiger partial charge in [-0.3, -0.25) is 9.59 Å². The number of ether oxygens (including phenoxy) is 2. The standard InChI is InChI=1S/C23H20ClN3O7S/c1-33-23(30)34-20-11-6-17(14-26-20)22(29)27-35(31,32)19-9-4-16(5-10-19)21(28)25-13-12-15-2-7-18(24)8-3-15/h2-11,14H,12-13H2,1H3,(H,25,28)(H,27,29). The van der Waals surface area contributed by atoms with Crippen LogP contribution in [0.4, 0.5) is 4.79 Å². The van der Waals surface area contributed by atoms with E-state index in [4.69, 9.17) is 16.3 Å². The van der Waals surface area contributed by atoms with E-state index in [2.05, 4.69) is 15.0 Å². The number of nitrogens with one attached hydrogen (secondary N) is 2. The van der Waals surface area contributed by atoms with Crippen LogP contribution in [-0.4, -0.2) is 45.0 Å². The van der Waals surface area contributed by atoms with E-state index in [1.807, 2.05) is 16.9 Å². The van der Waals surface area contributed by atoms with Gasteiger partial charge in [-0.2, -0.15) is 0 Å². The van der Waals surface area contributed by atoms with Crippen LogP contribution in [0.25, 0.3) is 0 Å². The minimum absolute atomic E-state index is 0.0810. The molecule has 3 aromatic rings. The molecule has 35 heavy (non-hydrogen) atoms. The van der Waals surface area contributed by atoms with E-state index in [0.717, 1.165) is 18.9 Å². The van der Waals surface area contributed by atoms with Crippen LogP contribution in [-0.2, 0) is 21.2 Å². The molecule has 12 heteroatoms. The zero-order valence-electron chi connectivity index (χ0n) is 18.4. The largest absolute Gasteiger partial charge is 0.514 e. The molecule has 0 saturated carbocycles. The van der Waals surface area contributed by atoms with E-state index >= 15 is 0 Å². The summed E-state index contributed by atoms with van der Waals surface area (Å²) in [5, 5.41) is 3.39. The predicted molar refractivity (Wildman–Crippen MR) is 126 cm³/mol. The van der Waals surface area contributed by atoms with E-state index in [0.29, 0.717) is 18.0 Å². The van der Waals surface area contributed by atoms with Gasteiger partial charge in [0.1, 0.15) is 0 Å². The Labute approximate surface area is 206 Å². The monoisotopic (exact) mass is 517 g/mol. The first kappa shape index (κ1) is 25.7. The maximum atomic E-state index is 12.6. The van der Waals surface area contributed by atoms with Crippen molar-refractivity contribution in [3.8, 4) is 5.88 Å². The molecule has 0 radical (unpaired) electrons. The van der Waals surface area contributed by atoms with Crippen molar-refractivity contribution in [3.63, 3.8) is 0 Å². The van der Waals surface area contributed by atoms with Gasteiger partial charge in [0.05, 0.1) is 17.6 Å². The molecule has 0 fully saturated rings. The van der Waals surface area contributed by atoms with Gasteiger partial charge in [-0.15, -0.1) is 0 Å². The van der Waals surface area contributed by atoms with E-state index in [-0.39, 0.29) is 27.8 Å². The molecular weight excluding hydrogens is 498 g/mol. The lowest BCUT2D eigenvalue weighted by molar-refractivity contribution is 0.0951. The van der Waals surface area contributed by atoms with Crippen LogP contribution in [0.2, 0.25) is 5.02 Å². The first-order valence-electron chi connectivity index (χ1n) is 10.1. The van der Waals surface area contributed by atoms with Gasteiger partial charge in [0.2, 0.25) is 5.88 Å². The van der Waals surface area contributed by atoms with Crippen LogP contribution < -0.4 is 14.8 Å². The lowest BCUT2D eigenvalue weighted by atomic mass is 10.1. The molecule has 0 aliphatic carbocycles. The molecule has 2 amide bonds. The summed E-state index contributed by atoms with van der Waals surface area (Å²) in [5.74, 6) is -1.43. The number of amides is 2. The summed E-state index contributed by atoms with van der Waals surface area (Å²) in [7, 11) is -3.09. The molecule has 0 bridgehead atoms. The van der Waals surface area contributed by atoms with Gasteiger partial charge in [0, 0.05) is 29.4 Å². The Balaban J connectivity index is 1.57. The fraction of sp³-hybridized carbons (Fsp3) is 0.130. The highest BCUT2D eigenvalue weighted by Crippen LogP contribution is 2.14. The maximum absolute atomic E-state index is 12.6. The molecule has 0 aliphatic rings. The molecule has 0 spiro atoms. The summed E-state index contributed by atoms with van der Waals surface area (Å²) in [6, 6.07) is 14.8. The Hall–Kier alpha value is -3.96. The summed E-state index contributed by atoms with van der Waals surface area (Å²) in [6.07, 6.45) is 0.656. The van der Waals surface area contributed by atoms with Gasteiger partial charge in [-0.25, -0.2) is 22.9 Å². The Bertz CT molecular complexity index is 1310. The third-order valence-corrected chi connectivity index (χ3v) is 6.22. The summed E-state index contributed by atoms with van der Waals surface area (Å²) >= 11 is 5.85. The van der Waals surface area contributed by atoms with Gasteiger partial charge in [-0.05, 0) is 54.4 Å². The van der Waals surface area contributed by atoms with Crippen molar-refractivity contribution in [3.05, 3.63) is 88.6 Å². The van der Waals surface area contributed by atoms with Crippen molar-refractivity contribution in [2.75, 3.05) is 13.7 Å². The summed E-state index contributed by atoms with van der Waals surface area (Å²) in [4.78, 5) is 39.2. The average Bonchev–Trinajstić information content (AvgIpc) is 2.85. The van der Waals surface area contributed by atoms with Crippen LogP contribution in [0.3, 0.4) is 0 Å². The van der Waals surface area contributed by atoms with Crippen molar-refractivity contribution in [1.82, 2.24) is 15.0 Å². The Morgan fingerprint density at radius 1 is 0.914 bits per heavy atom. The van der Waals surface area contributed by atoms with E-state index in [1.54, 1.807) is 12.1 Å². The highest BCUT2D eigenvalue weighted by atomic mass is 35.5. The molecule has 2 aromatic carbocycles. The van der Waals surface area contributed by atoms with E-state index in [1.165, 1.54) is 36.4 Å². The van der Waals surface area contributed by atoms with Crippen molar-refractivity contribution in [2.45, 2.75) is 11.3 Å². The minimum Gasteiger partial charge on any atom is -0.437 e. The van der Waals surface area contributed by atoms with Crippen LogP contribution in [0.15, 0.2) is 71.8 Å². The summed E-state index contributed by atoms with van der Waals surface area (Å²) in [5.41, 5.74) is 1.19. The number of sulfonamides is 1. The number of hydrogen-bond acceptors (Lipinski definition) is 8. The molecule has 10 nitrogen and oxygen atoms in total. The molecule has 0 atom stereocenters. The van der Waals surface area contributed by atoms with Crippen molar-refractivity contribution in [1.29, 1.82) is 0 Å². The normalized spacial score (nSPS) is 10.8. The minimum atomic E-state index is -4.21. The molecule has 1 aromatic heterocycles. The number of hydrogen-bond donors (Lipinski definition) is 2. The number of aromatic nitrogens is 1. The maximum Gasteiger partial charge on any atom is 0.514 e. The van der Waals surface area contributed by atoms with Gasteiger partial charge < -0.3 is 14.8 Å².